The molecule has 1 unspecified atom stereocenters. The van der Waals surface area contributed by atoms with E-state index in [0.717, 1.165) is 62.9 Å². The Morgan fingerprint density at radius 3 is 2.30 bits per heavy atom. The van der Waals surface area contributed by atoms with Gasteiger partial charge < -0.3 is 29.3 Å². The zero-order valence-electron chi connectivity index (χ0n) is 27.1. The van der Waals surface area contributed by atoms with Crippen LogP contribution in [0.5, 0.6) is 17.2 Å². The van der Waals surface area contributed by atoms with Crippen molar-refractivity contribution in [2.24, 2.45) is 0 Å². The largest absolute Gasteiger partial charge is 0.496 e. The number of hydrogen-bond acceptors (Lipinski definition) is 9. The SMILES string of the molecule is COc1ccc(C2(CCN3CCC(NC=O)(c4ccccc4)CC3)CCN(C(=O)c3cc(-n4cnnn4)ccc3OC)C2)cc1OC. The van der Waals surface area contributed by atoms with E-state index in [4.69, 9.17) is 14.2 Å². The standard InChI is InChI=1S/C35H41N7O5/c1-45-30-12-10-28(42-24-37-38-39-42)22-29(30)33(44)41-20-14-34(23-41,27-9-11-31(46-2)32(21-27)47-3)13-17-40-18-15-35(16-19-40,36-25-43)26-7-5-4-6-8-26/h4-12,21-22,24-25H,13-20,23H2,1-3H3,(H,36,43). The van der Waals surface area contributed by atoms with Gasteiger partial charge in [0.1, 0.15) is 12.1 Å². The molecule has 47 heavy (non-hydrogen) atoms. The van der Waals surface area contributed by atoms with Gasteiger partial charge in [0.15, 0.2) is 11.5 Å². The van der Waals surface area contributed by atoms with Gasteiger partial charge in [0.25, 0.3) is 5.91 Å². The molecular formula is C35H41N7O5. The first kappa shape index (κ1) is 32.0. The first-order valence-electron chi connectivity index (χ1n) is 15.9. The van der Waals surface area contributed by atoms with Crippen LogP contribution in [0.3, 0.4) is 0 Å². The van der Waals surface area contributed by atoms with Crippen LogP contribution in [0.4, 0.5) is 0 Å². The molecule has 0 saturated carbocycles. The van der Waals surface area contributed by atoms with Crippen LogP contribution in [0.1, 0.15) is 47.2 Å². The minimum Gasteiger partial charge on any atom is -0.496 e. The second-order valence-corrected chi connectivity index (χ2v) is 12.3. The lowest BCUT2D eigenvalue weighted by atomic mass is 9.76. The minimum absolute atomic E-state index is 0.107. The van der Waals surface area contributed by atoms with E-state index in [2.05, 4.69) is 50.0 Å². The quantitative estimate of drug-likeness (QED) is 0.232. The molecule has 246 valence electrons. The molecule has 1 N–H and O–H groups in total. The Bertz CT molecular complexity index is 1680. The van der Waals surface area contributed by atoms with Crippen molar-refractivity contribution in [3.63, 3.8) is 0 Å². The molecule has 0 radical (unpaired) electrons. The summed E-state index contributed by atoms with van der Waals surface area (Å²) in [5.74, 6) is 1.72. The summed E-state index contributed by atoms with van der Waals surface area (Å²) in [6.45, 7) is 3.67. The Hall–Kier alpha value is -4.97. The predicted octanol–water partition coefficient (Wildman–Crippen LogP) is 3.60. The number of carbonyl (C=O) groups excluding carboxylic acids is 2. The Morgan fingerprint density at radius 1 is 0.872 bits per heavy atom. The number of carbonyl (C=O) groups is 2. The van der Waals surface area contributed by atoms with Crippen LogP contribution in [0.25, 0.3) is 5.69 Å². The summed E-state index contributed by atoms with van der Waals surface area (Å²) in [5.41, 5.74) is 2.69. The lowest BCUT2D eigenvalue weighted by molar-refractivity contribution is -0.112. The van der Waals surface area contributed by atoms with Crippen molar-refractivity contribution in [1.29, 1.82) is 0 Å². The van der Waals surface area contributed by atoms with Crippen molar-refractivity contribution in [3.8, 4) is 22.9 Å². The molecule has 2 aliphatic heterocycles. The van der Waals surface area contributed by atoms with Crippen molar-refractivity contribution in [1.82, 2.24) is 35.3 Å². The average molecular weight is 640 g/mol. The number of amides is 2. The van der Waals surface area contributed by atoms with E-state index >= 15 is 0 Å². The molecule has 0 spiro atoms. The van der Waals surface area contributed by atoms with E-state index in [-0.39, 0.29) is 16.9 Å². The molecule has 12 nitrogen and oxygen atoms in total. The van der Waals surface area contributed by atoms with Gasteiger partial charge in [0, 0.05) is 31.6 Å². The molecule has 2 amide bonds. The molecule has 1 aromatic heterocycles. The third-order valence-electron chi connectivity index (χ3n) is 9.94. The van der Waals surface area contributed by atoms with Gasteiger partial charge in [-0.2, -0.15) is 0 Å². The van der Waals surface area contributed by atoms with Crippen molar-refractivity contribution >= 4 is 12.3 Å². The summed E-state index contributed by atoms with van der Waals surface area (Å²) < 4.78 is 18.4. The van der Waals surface area contributed by atoms with Crippen LogP contribution in [-0.2, 0) is 15.7 Å². The van der Waals surface area contributed by atoms with Gasteiger partial charge in [0.2, 0.25) is 6.41 Å². The number of nitrogens with one attached hydrogen (secondary N) is 1. The van der Waals surface area contributed by atoms with E-state index < -0.39 is 0 Å². The molecule has 6 rings (SSSR count). The van der Waals surface area contributed by atoms with Crippen molar-refractivity contribution in [2.75, 3.05) is 54.1 Å². The number of methoxy groups -OCH3 is 3. The first-order chi connectivity index (χ1) is 22.9. The number of likely N-dealkylation sites (tertiary alicyclic amines) is 2. The molecule has 0 aliphatic carbocycles. The van der Waals surface area contributed by atoms with E-state index in [1.165, 1.54) is 11.0 Å². The van der Waals surface area contributed by atoms with Crippen molar-refractivity contribution in [2.45, 2.75) is 36.6 Å². The van der Waals surface area contributed by atoms with Crippen LogP contribution in [0, 0.1) is 0 Å². The second kappa shape index (κ2) is 13.8. The average Bonchev–Trinajstić information content (AvgIpc) is 3.83. The molecule has 2 saturated heterocycles. The topological polar surface area (TPSA) is 124 Å². The summed E-state index contributed by atoms with van der Waals surface area (Å²) in [4.78, 5) is 30.2. The molecule has 4 aromatic rings. The third-order valence-corrected chi connectivity index (χ3v) is 9.94. The molecule has 1 atom stereocenters. The minimum atomic E-state index is -0.368. The summed E-state index contributed by atoms with van der Waals surface area (Å²) in [6.07, 6.45) is 5.59. The van der Waals surface area contributed by atoms with Crippen LogP contribution in [-0.4, -0.2) is 96.4 Å². The van der Waals surface area contributed by atoms with Crippen molar-refractivity contribution in [3.05, 3.63) is 89.7 Å². The number of piperidine rings is 1. The Morgan fingerprint density at radius 2 is 1.62 bits per heavy atom. The van der Waals surface area contributed by atoms with E-state index in [0.29, 0.717) is 41.6 Å². The lowest BCUT2D eigenvalue weighted by Gasteiger charge is -2.43. The maximum atomic E-state index is 14.2. The van der Waals surface area contributed by atoms with Gasteiger partial charge in [-0.1, -0.05) is 36.4 Å². The van der Waals surface area contributed by atoms with Crippen LogP contribution >= 0.6 is 0 Å². The lowest BCUT2D eigenvalue weighted by Crippen LogP contribution is -2.51. The normalized spacial score (nSPS) is 19.3. The van der Waals surface area contributed by atoms with Crippen LogP contribution in [0.15, 0.2) is 73.1 Å². The highest BCUT2D eigenvalue weighted by molar-refractivity contribution is 5.98. The van der Waals surface area contributed by atoms with Gasteiger partial charge in [0.05, 0.1) is 38.1 Å². The number of tetrazole rings is 1. The molecule has 12 heteroatoms. The number of nitrogens with zero attached hydrogens (tertiary/aromatic N) is 6. The van der Waals surface area contributed by atoms with Gasteiger partial charge in [-0.25, -0.2) is 4.68 Å². The first-order valence-corrected chi connectivity index (χ1v) is 15.9. The fourth-order valence-corrected chi connectivity index (χ4v) is 7.17. The highest BCUT2D eigenvalue weighted by atomic mass is 16.5. The Kier molecular flexibility index (Phi) is 9.39. The summed E-state index contributed by atoms with van der Waals surface area (Å²) in [7, 11) is 4.84. The molecule has 3 heterocycles. The molecule has 3 aromatic carbocycles. The molecule has 2 fully saturated rings. The third kappa shape index (κ3) is 6.37. The van der Waals surface area contributed by atoms with Gasteiger partial charge >= 0.3 is 0 Å². The van der Waals surface area contributed by atoms with Gasteiger partial charge in [-0.3, -0.25) is 9.59 Å². The number of aromatic nitrogens is 4. The summed E-state index contributed by atoms with van der Waals surface area (Å²) in [5, 5.41) is 14.6. The number of rotatable bonds is 12. The predicted molar refractivity (Wildman–Crippen MR) is 175 cm³/mol. The fraction of sp³-hybridized carbons (Fsp3) is 0.400. The maximum Gasteiger partial charge on any atom is 0.257 e. The summed E-state index contributed by atoms with van der Waals surface area (Å²) >= 11 is 0. The number of benzene rings is 3. The molecule has 2 aliphatic rings. The zero-order valence-corrected chi connectivity index (χ0v) is 27.1. The van der Waals surface area contributed by atoms with Crippen LogP contribution in [0.2, 0.25) is 0 Å². The molecule has 0 bridgehead atoms. The number of hydrogen-bond donors (Lipinski definition) is 1. The smallest absolute Gasteiger partial charge is 0.257 e. The van der Waals surface area contributed by atoms with E-state index in [9.17, 15) is 9.59 Å². The second-order valence-electron chi connectivity index (χ2n) is 12.3. The maximum absolute atomic E-state index is 14.2. The zero-order chi connectivity index (χ0) is 32.9. The Balaban J connectivity index is 1.24. The highest BCUT2D eigenvalue weighted by Gasteiger charge is 2.43. The fourth-order valence-electron chi connectivity index (χ4n) is 7.17. The van der Waals surface area contributed by atoms with Gasteiger partial charge in [-0.15, -0.1) is 5.10 Å². The van der Waals surface area contributed by atoms with E-state index in [1.807, 2.05) is 35.2 Å². The van der Waals surface area contributed by atoms with Crippen molar-refractivity contribution < 1.29 is 23.8 Å². The van der Waals surface area contributed by atoms with Crippen LogP contribution < -0.4 is 19.5 Å². The highest BCUT2D eigenvalue weighted by Crippen LogP contribution is 2.43. The van der Waals surface area contributed by atoms with E-state index in [1.54, 1.807) is 33.5 Å². The summed E-state index contributed by atoms with van der Waals surface area (Å²) in [6, 6.07) is 21.7. The monoisotopic (exact) mass is 639 g/mol. The Labute approximate surface area is 274 Å². The molecular weight excluding hydrogens is 598 g/mol. The van der Waals surface area contributed by atoms with Gasteiger partial charge in [-0.05, 0) is 84.1 Å². The number of ether oxygens (including phenoxy) is 3.